The molecule has 25 heavy (non-hydrogen) atoms. The zero-order chi connectivity index (χ0) is 18.5. The number of hydrogen-bond acceptors (Lipinski definition) is 8. The summed E-state index contributed by atoms with van der Waals surface area (Å²) in [5.41, 5.74) is 3.99. The molecule has 2 aliphatic rings. The van der Waals surface area contributed by atoms with E-state index in [-0.39, 0.29) is 5.84 Å². The van der Waals surface area contributed by atoms with Gasteiger partial charge in [-0.1, -0.05) is 0 Å². The third-order valence-electron chi connectivity index (χ3n) is 5.19. The van der Waals surface area contributed by atoms with E-state index >= 15 is 0 Å². The van der Waals surface area contributed by atoms with Crippen molar-refractivity contribution < 1.29 is 18.9 Å². The maximum atomic E-state index is 10.0. The molecular formula is C17H18N4O4. The molecule has 1 aromatic rings. The standard InChI is InChI=1S/C17H18N4O4/c1-22-11-5-10(6-12(7-11)23-2)13-15(8-18)14(20)21-17(24-3,25-4)16(13,15)9-19/h5-7,13H,1-4H3,(H2,20,21). The number of rotatable bonds is 5. The Balaban J connectivity index is 2.25. The number of nitriles is 2. The second kappa shape index (κ2) is 5.35. The molecule has 2 N–H and O–H groups in total. The smallest absolute Gasteiger partial charge is 0.292 e. The Morgan fingerprint density at radius 3 is 1.96 bits per heavy atom. The van der Waals surface area contributed by atoms with E-state index in [1.54, 1.807) is 18.2 Å². The van der Waals surface area contributed by atoms with Crippen LogP contribution in [0.3, 0.4) is 0 Å². The van der Waals surface area contributed by atoms with E-state index < -0.39 is 22.7 Å². The fourth-order valence-electron chi connectivity index (χ4n) is 4.02. The lowest BCUT2D eigenvalue weighted by atomic mass is 9.93. The molecule has 1 saturated carbocycles. The minimum atomic E-state index is -1.65. The number of ether oxygens (including phenoxy) is 4. The summed E-state index contributed by atoms with van der Waals surface area (Å²) in [6.45, 7) is 0. The Kier molecular flexibility index (Phi) is 3.64. The van der Waals surface area contributed by atoms with Crippen molar-refractivity contribution in [3.8, 4) is 23.6 Å². The Morgan fingerprint density at radius 2 is 1.56 bits per heavy atom. The first kappa shape index (κ1) is 17.0. The molecule has 3 rings (SSSR count). The maximum absolute atomic E-state index is 10.0. The fraction of sp³-hybridized carbons (Fsp3) is 0.471. The van der Waals surface area contributed by atoms with Crippen molar-refractivity contribution in [2.24, 2.45) is 21.6 Å². The van der Waals surface area contributed by atoms with Crippen LogP contribution in [-0.4, -0.2) is 40.2 Å². The van der Waals surface area contributed by atoms with Crippen LogP contribution in [0, 0.1) is 33.5 Å². The molecule has 1 aliphatic heterocycles. The van der Waals surface area contributed by atoms with Crippen molar-refractivity contribution in [2.45, 2.75) is 11.8 Å². The van der Waals surface area contributed by atoms with Gasteiger partial charge in [-0.25, -0.2) is 4.99 Å². The van der Waals surface area contributed by atoms with Gasteiger partial charge in [-0.3, -0.25) is 0 Å². The van der Waals surface area contributed by atoms with E-state index in [1.807, 2.05) is 0 Å². The molecule has 0 bridgehead atoms. The summed E-state index contributed by atoms with van der Waals surface area (Å²) in [6, 6.07) is 9.58. The fourth-order valence-corrected chi connectivity index (χ4v) is 4.02. The first-order valence-corrected chi connectivity index (χ1v) is 7.48. The third-order valence-corrected chi connectivity index (χ3v) is 5.19. The molecule has 1 fully saturated rings. The number of fused-ring (bicyclic) bond motifs is 1. The van der Waals surface area contributed by atoms with Gasteiger partial charge < -0.3 is 24.7 Å². The van der Waals surface area contributed by atoms with Crippen molar-refractivity contribution in [2.75, 3.05) is 28.4 Å². The zero-order valence-electron chi connectivity index (χ0n) is 14.4. The summed E-state index contributed by atoms with van der Waals surface area (Å²) in [7, 11) is 5.79. The molecule has 1 aliphatic carbocycles. The van der Waals surface area contributed by atoms with E-state index in [0.717, 1.165) is 0 Å². The van der Waals surface area contributed by atoms with Gasteiger partial charge in [0.05, 0.1) is 26.4 Å². The summed E-state index contributed by atoms with van der Waals surface area (Å²) in [5, 5.41) is 19.9. The van der Waals surface area contributed by atoms with Crippen LogP contribution in [0.25, 0.3) is 0 Å². The van der Waals surface area contributed by atoms with Crippen molar-refractivity contribution in [1.29, 1.82) is 10.5 Å². The maximum Gasteiger partial charge on any atom is 0.292 e. The summed E-state index contributed by atoms with van der Waals surface area (Å²) in [6.07, 6.45) is 0. The Labute approximate surface area is 145 Å². The van der Waals surface area contributed by atoms with Gasteiger partial charge in [0.15, 0.2) is 5.41 Å². The van der Waals surface area contributed by atoms with Crippen LogP contribution in [-0.2, 0) is 9.47 Å². The number of nitrogens with zero attached hydrogens (tertiary/aromatic N) is 3. The second-order valence-electron chi connectivity index (χ2n) is 5.91. The highest BCUT2D eigenvalue weighted by molar-refractivity contribution is 6.00. The number of methoxy groups -OCH3 is 4. The molecule has 0 aromatic heterocycles. The van der Waals surface area contributed by atoms with Gasteiger partial charge >= 0.3 is 0 Å². The normalized spacial score (nSPS) is 31.3. The highest BCUT2D eigenvalue weighted by Gasteiger charge is 2.93. The lowest BCUT2D eigenvalue weighted by Gasteiger charge is -2.29. The Morgan fingerprint density at radius 1 is 1.00 bits per heavy atom. The second-order valence-corrected chi connectivity index (χ2v) is 5.91. The van der Waals surface area contributed by atoms with Crippen LogP contribution in [0.2, 0.25) is 0 Å². The number of aliphatic imine (C=N–C) groups is 1. The van der Waals surface area contributed by atoms with Crippen molar-refractivity contribution in [3.63, 3.8) is 0 Å². The van der Waals surface area contributed by atoms with E-state index in [2.05, 4.69) is 17.1 Å². The van der Waals surface area contributed by atoms with E-state index in [9.17, 15) is 10.5 Å². The summed E-state index contributed by atoms with van der Waals surface area (Å²) in [5.74, 6) is -1.15. The predicted octanol–water partition coefficient (Wildman–Crippen LogP) is 1.14. The molecular weight excluding hydrogens is 324 g/mol. The lowest BCUT2D eigenvalue weighted by Crippen LogP contribution is -2.41. The SMILES string of the molecule is COc1cc(OC)cc(C2C3(C#N)C(N)=NC(OC)(OC)C23C#N)c1. The molecule has 1 heterocycles. The average molecular weight is 342 g/mol. The minimum Gasteiger partial charge on any atom is -0.497 e. The first-order chi connectivity index (χ1) is 12.0. The van der Waals surface area contributed by atoms with E-state index in [0.29, 0.717) is 17.1 Å². The molecule has 0 amide bonds. The molecule has 0 spiro atoms. The average Bonchev–Trinajstić information content (AvgIpc) is 3.23. The van der Waals surface area contributed by atoms with Gasteiger partial charge in [0.25, 0.3) is 5.91 Å². The number of amidine groups is 1. The van der Waals surface area contributed by atoms with Crippen LogP contribution >= 0.6 is 0 Å². The molecule has 1 aromatic carbocycles. The number of benzene rings is 1. The molecule has 3 atom stereocenters. The minimum absolute atomic E-state index is 0.0204. The molecule has 3 unspecified atom stereocenters. The largest absolute Gasteiger partial charge is 0.497 e. The third kappa shape index (κ3) is 1.68. The first-order valence-electron chi connectivity index (χ1n) is 7.48. The number of nitrogens with two attached hydrogens (primary N) is 1. The number of hydrogen-bond donors (Lipinski definition) is 1. The summed E-state index contributed by atoms with van der Waals surface area (Å²) >= 11 is 0. The van der Waals surface area contributed by atoms with Crippen LogP contribution < -0.4 is 15.2 Å². The van der Waals surface area contributed by atoms with Crippen LogP contribution in [0.1, 0.15) is 11.5 Å². The molecule has 8 heteroatoms. The Hall–Kier alpha value is -2.81. The molecule has 8 nitrogen and oxygen atoms in total. The summed E-state index contributed by atoms with van der Waals surface area (Å²) in [4.78, 5) is 4.18. The van der Waals surface area contributed by atoms with Gasteiger partial charge in [-0.15, -0.1) is 0 Å². The molecule has 0 radical (unpaired) electrons. The molecule has 0 saturated heterocycles. The van der Waals surface area contributed by atoms with Gasteiger partial charge in [-0.2, -0.15) is 10.5 Å². The zero-order valence-corrected chi connectivity index (χ0v) is 14.4. The van der Waals surface area contributed by atoms with Crippen LogP contribution in [0.15, 0.2) is 23.2 Å². The van der Waals surface area contributed by atoms with Crippen molar-refractivity contribution >= 4 is 5.84 Å². The van der Waals surface area contributed by atoms with Crippen molar-refractivity contribution in [3.05, 3.63) is 23.8 Å². The van der Waals surface area contributed by atoms with Crippen molar-refractivity contribution in [1.82, 2.24) is 0 Å². The highest BCUT2D eigenvalue weighted by atomic mass is 16.7. The van der Waals surface area contributed by atoms with Crippen LogP contribution in [0.5, 0.6) is 11.5 Å². The van der Waals surface area contributed by atoms with E-state index in [1.165, 1.54) is 28.4 Å². The van der Waals surface area contributed by atoms with Gasteiger partial charge in [0.2, 0.25) is 0 Å². The highest BCUT2D eigenvalue weighted by Crippen LogP contribution is 2.82. The quantitative estimate of drug-likeness (QED) is 0.796. The molecule has 130 valence electrons. The van der Waals surface area contributed by atoms with Crippen LogP contribution in [0.4, 0.5) is 0 Å². The van der Waals surface area contributed by atoms with Gasteiger partial charge in [0, 0.05) is 26.2 Å². The monoisotopic (exact) mass is 342 g/mol. The summed E-state index contributed by atoms with van der Waals surface area (Å²) < 4.78 is 21.4. The topological polar surface area (TPSA) is 123 Å². The predicted molar refractivity (Wildman–Crippen MR) is 86.8 cm³/mol. The van der Waals surface area contributed by atoms with Gasteiger partial charge in [-0.05, 0) is 17.7 Å². The Bertz CT molecular complexity index is 814. The lowest BCUT2D eigenvalue weighted by molar-refractivity contribution is -0.230. The van der Waals surface area contributed by atoms with Gasteiger partial charge in [0.1, 0.15) is 22.7 Å². The van der Waals surface area contributed by atoms with E-state index in [4.69, 9.17) is 24.7 Å².